The van der Waals surface area contributed by atoms with Crippen LogP contribution in [0.2, 0.25) is 5.02 Å². The zero-order chi connectivity index (χ0) is 12.0. The molecule has 0 radical (unpaired) electrons. The average molecular weight is 244 g/mol. The van der Waals surface area contributed by atoms with E-state index in [1.807, 2.05) is 0 Å². The van der Waals surface area contributed by atoms with Gasteiger partial charge in [-0.2, -0.15) is 0 Å². The predicted octanol–water partition coefficient (Wildman–Crippen LogP) is 2.56. The number of halogens is 1. The second-order valence-corrected chi connectivity index (χ2v) is 3.55. The molecule has 0 aromatic heterocycles. The Morgan fingerprint density at radius 2 is 2.19 bits per heavy atom. The maximum atomic E-state index is 8.74. The van der Waals surface area contributed by atoms with Crippen LogP contribution in [0.1, 0.15) is 12.5 Å². The lowest BCUT2D eigenvalue weighted by Crippen LogP contribution is -2.08. The normalized spacial score (nSPS) is 11.6. The van der Waals surface area contributed by atoms with Crippen molar-refractivity contribution in [3.63, 3.8) is 0 Å². The largest absolute Gasteiger partial charge is 0.489 e. The molecule has 0 aliphatic carbocycles. The lowest BCUT2D eigenvalue weighted by atomic mass is 10.1. The average Bonchev–Trinajstić information content (AvgIpc) is 2.30. The molecule has 0 atom stereocenters. The fraction of sp³-hybridized carbons (Fsp3) is 0.364. The third-order valence-electron chi connectivity index (χ3n) is 2.04. The number of methoxy groups -OCH3 is 1. The number of rotatable bonds is 5. The summed E-state index contributed by atoms with van der Waals surface area (Å²) in [5.41, 5.74) is 1.13. The maximum absolute atomic E-state index is 8.74. The summed E-state index contributed by atoms with van der Waals surface area (Å²) in [6.07, 6.45) is 0. The molecular weight excluding hydrogens is 230 g/mol. The molecule has 16 heavy (non-hydrogen) atoms. The first kappa shape index (κ1) is 12.8. The molecule has 1 rings (SSSR count). The Labute approximate surface area is 99.4 Å². The first-order valence-electron chi connectivity index (χ1n) is 4.80. The minimum absolute atomic E-state index is 0.395. The van der Waals surface area contributed by atoms with E-state index in [1.54, 1.807) is 32.2 Å². The van der Waals surface area contributed by atoms with Crippen LogP contribution in [0, 0.1) is 0 Å². The summed E-state index contributed by atoms with van der Waals surface area (Å²) < 4.78 is 10.4. The van der Waals surface area contributed by atoms with Gasteiger partial charge >= 0.3 is 0 Å². The van der Waals surface area contributed by atoms with E-state index in [1.165, 1.54) is 0 Å². The fourth-order valence-corrected chi connectivity index (χ4v) is 1.45. The van der Waals surface area contributed by atoms with Gasteiger partial charge in [-0.25, -0.2) is 0 Å². The zero-order valence-corrected chi connectivity index (χ0v) is 9.99. The van der Waals surface area contributed by atoms with Gasteiger partial charge in [-0.3, -0.25) is 0 Å². The molecule has 0 saturated heterocycles. The van der Waals surface area contributed by atoms with Crippen molar-refractivity contribution in [2.75, 3.05) is 20.3 Å². The zero-order valence-electron chi connectivity index (χ0n) is 9.24. The van der Waals surface area contributed by atoms with Crippen molar-refractivity contribution in [3.8, 4) is 5.75 Å². The van der Waals surface area contributed by atoms with Gasteiger partial charge in [0.05, 0.1) is 17.3 Å². The Morgan fingerprint density at radius 3 is 2.81 bits per heavy atom. The fourth-order valence-electron chi connectivity index (χ4n) is 1.22. The van der Waals surface area contributed by atoms with Crippen LogP contribution in [-0.4, -0.2) is 31.2 Å². The molecule has 1 N–H and O–H groups in total. The molecule has 88 valence electrons. The Hall–Kier alpha value is -1.26. The Kier molecular flexibility index (Phi) is 5.08. The number of benzene rings is 1. The number of hydrogen-bond acceptors (Lipinski definition) is 4. The molecule has 0 fully saturated rings. The molecule has 5 heteroatoms. The first-order valence-corrected chi connectivity index (χ1v) is 5.17. The van der Waals surface area contributed by atoms with Gasteiger partial charge in [-0.1, -0.05) is 22.8 Å². The Morgan fingerprint density at radius 1 is 1.44 bits per heavy atom. The van der Waals surface area contributed by atoms with E-state index in [9.17, 15) is 0 Å². The highest BCUT2D eigenvalue weighted by atomic mass is 35.5. The summed E-state index contributed by atoms with van der Waals surface area (Å²) in [6, 6.07) is 5.27. The van der Waals surface area contributed by atoms with E-state index in [4.69, 9.17) is 26.3 Å². The van der Waals surface area contributed by atoms with E-state index < -0.39 is 0 Å². The minimum atomic E-state index is 0.395. The van der Waals surface area contributed by atoms with Crippen LogP contribution in [0.3, 0.4) is 0 Å². The van der Waals surface area contributed by atoms with Gasteiger partial charge in [0, 0.05) is 12.7 Å². The molecule has 0 spiro atoms. The van der Waals surface area contributed by atoms with Crippen molar-refractivity contribution in [2.45, 2.75) is 6.92 Å². The number of oxime groups is 1. The minimum Gasteiger partial charge on any atom is -0.489 e. The maximum Gasteiger partial charge on any atom is 0.147 e. The van der Waals surface area contributed by atoms with Gasteiger partial charge in [0.1, 0.15) is 12.4 Å². The van der Waals surface area contributed by atoms with Crippen molar-refractivity contribution < 1.29 is 14.7 Å². The van der Waals surface area contributed by atoms with Crippen LogP contribution in [-0.2, 0) is 4.74 Å². The third kappa shape index (κ3) is 3.12. The van der Waals surface area contributed by atoms with Gasteiger partial charge in [0.2, 0.25) is 0 Å². The Bertz CT molecular complexity index is 379. The topological polar surface area (TPSA) is 51.0 Å². The van der Waals surface area contributed by atoms with Crippen molar-refractivity contribution in [1.29, 1.82) is 0 Å². The molecular formula is C11H14ClNO3. The molecule has 1 aromatic carbocycles. The van der Waals surface area contributed by atoms with Gasteiger partial charge in [0.25, 0.3) is 0 Å². The molecule has 1 aromatic rings. The van der Waals surface area contributed by atoms with Gasteiger partial charge in [-0.15, -0.1) is 0 Å². The van der Waals surface area contributed by atoms with E-state index in [2.05, 4.69) is 5.16 Å². The monoisotopic (exact) mass is 243 g/mol. The lowest BCUT2D eigenvalue weighted by molar-refractivity contribution is 0.146. The van der Waals surface area contributed by atoms with E-state index in [-0.39, 0.29) is 0 Å². The standard InChI is InChI=1S/C11H14ClNO3/c1-8(13-14)9-4-3-5-10(12)11(9)16-7-6-15-2/h3-5,14H,6-7H2,1-2H3/b13-8+. The lowest BCUT2D eigenvalue weighted by Gasteiger charge is -2.11. The summed E-state index contributed by atoms with van der Waals surface area (Å²) >= 11 is 6.01. The summed E-state index contributed by atoms with van der Waals surface area (Å²) in [5.74, 6) is 0.511. The number of hydrogen-bond donors (Lipinski definition) is 1. The smallest absolute Gasteiger partial charge is 0.147 e. The summed E-state index contributed by atoms with van der Waals surface area (Å²) in [6.45, 7) is 2.54. The SMILES string of the molecule is COCCOc1c(Cl)cccc1/C(C)=N/O. The van der Waals surface area contributed by atoms with Crippen LogP contribution in [0.25, 0.3) is 0 Å². The number of nitrogens with zero attached hydrogens (tertiary/aromatic N) is 1. The highest BCUT2D eigenvalue weighted by Gasteiger charge is 2.11. The highest BCUT2D eigenvalue weighted by Crippen LogP contribution is 2.29. The van der Waals surface area contributed by atoms with Gasteiger partial charge in [-0.05, 0) is 19.1 Å². The van der Waals surface area contributed by atoms with E-state index >= 15 is 0 Å². The van der Waals surface area contributed by atoms with Crippen LogP contribution < -0.4 is 4.74 Å². The predicted molar refractivity (Wildman–Crippen MR) is 62.8 cm³/mol. The third-order valence-corrected chi connectivity index (χ3v) is 2.34. The molecule has 0 saturated carbocycles. The van der Waals surface area contributed by atoms with Crippen LogP contribution in [0.5, 0.6) is 5.75 Å². The van der Waals surface area contributed by atoms with Crippen LogP contribution in [0.15, 0.2) is 23.4 Å². The van der Waals surface area contributed by atoms with E-state index in [0.29, 0.717) is 35.3 Å². The number of para-hydroxylation sites is 1. The summed E-state index contributed by atoms with van der Waals surface area (Å²) in [7, 11) is 1.59. The van der Waals surface area contributed by atoms with Crippen LogP contribution >= 0.6 is 11.6 Å². The molecule has 4 nitrogen and oxygen atoms in total. The molecule has 0 heterocycles. The first-order chi connectivity index (χ1) is 7.70. The van der Waals surface area contributed by atoms with Gasteiger partial charge in [0.15, 0.2) is 0 Å². The van der Waals surface area contributed by atoms with Crippen LogP contribution in [0.4, 0.5) is 0 Å². The van der Waals surface area contributed by atoms with Crippen molar-refractivity contribution in [2.24, 2.45) is 5.16 Å². The molecule has 0 amide bonds. The molecule has 0 unspecified atom stereocenters. The van der Waals surface area contributed by atoms with Gasteiger partial charge < -0.3 is 14.7 Å². The molecule has 0 aliphatic heterocycles. The van der Waals surface area contributed by atoms with Crippen molar-refractivity contribution in [1.82, 2.24) is 0 Å². The van der Waals surface area contributed by atoms with Crippen molar-refractivity contribution in [3.05, 3.63) is 28.8 Å². The molecule has 0 bridgehead atoms. The van der Waals surface area contributed by atoms with E-state index in [0.717, 1.165) is 0 Å². The second kappa shape index (κ2) is 6.35. The molecule has 0 aliphatic rings. The van der Waals surface area contributed by atoms with Crippen molar-refractivity contribution >= 4 is 17.3 Å². The second-order valence-electron chi connectivity index (χ2n) is 3.14. The quantitative estimate of drug-likeness (QED) is 0.374. The summed E-state index contributed by atoms with van der Waals surface area (Å²) in [4.78, 5) is 0. The highest BCUT2D eigenvalue weighted by molar-refractivity contribution is 6.32. The summed E-state index contributed by atoms with van der Waals surface area (Å²) in [5, 5.41) is 12.4. The number of ether oxygens (including phenoxy) is 2. The Balaban J connectivity index is 2.95.